The van der Waals surface area contributed by atoms with E-state index in [4.69, 9.17) is 9.51 Å². The Kier molecular flexibility index (Phi) is 6.41. The van der Waals surface area contributed by atoms with Crippen LogP contribution >= 0.6 is 0 Å². The van der Waals surface area contributed by atoms with E-state index >= 15 is 0 Å². The number of amides is 1. The molecule has 1 saturated carbocycles. The van der Waals surface area contributed by atoms with Crippen molar-refractivity contribution in [1.82, 2.24) is 14.7 Å². The number of hydrogen-bond acceptors (Lipinski definition) is 4. The highest BCUT2D eigenvalue weighted by Crippen LogP contribution is 2.38. The number of aromatic nitrogens is 3. The molecule has 3 heterocycles. The Labute approximate surface area is 210 Å². The minimum Gasteiger partial charge on any atom is -0.361 e. The van der Waals surface area contributed by atoms with Crippen molar-refractivity contribution in [3.63, 3.8) is 0 Å². The van der Waals surface area contributed by atoms with E-state index in [1.807, 2.05) is 51.2 Å². The molecule has 3 aromatic heterocycles. The topological polar surface area (TPSA) is 73.0 Å². The van der Waals surface area contributed by atoms with Crippen LogP contribution in [0.3, 0.4) is 0 Å². The number of benzene rings is 1. The average molecular weight is 489 g/mol. The van der Waals surface area contributed by atoms with Crippen LogP contribution in [0.5, 0.6) is 0 Å². The van der Waals surface area contributed by atoms with Gasteiger partial charge in [0.05, 0.1) is 16.7 Å². The molecule has 4 aromatic rings. The zero-order chi connectivity index (χ0) is 25.4. The number of hydrogen-bond donors (Lipinski definition) is 1. The Balaban J connectivity index is 1.54. The summed E-state index contributed by atoms with van der Waals surface area (Å²) in [5, 5.41) is 7.02. The molecule has 0 aliphatic heterocycles. The van der Waals surface area contributed by atoms with Gasteiger partial charge in [0.1, 0.15) is 11.4 Å². The lowest BCUT2D eigenvalue weighted by Crippen LogP contribution is -2.27. The van der Waals surface area contributed by atoms with E-state index in [9.17, 15) is 9.18 Å². The third kappa shape index (κ3) is 4.79. The second kappa shape index (κ2) is 9.52. The van der Waals surface area contributed by atoms with E-state index in [1.54, 1.807) is 6.92 Å². The van der Waals surface area contributed by atoms with Gasteiger partial charge in [0.25, 0.3) is 0 Å². The zero-order valence-corrected chi connectivity index (χ0v) is 21.4. The van der Waals surface area contributed by atoms with Crippen molar-refractivity contribution in [2.45, 2.75) is 72.0 Å². The number of nitrogens with one attached hydrogen (secondary N) is 1. The smallest absolute Gasteiger partial charge is 0.224 e. The number of fused-ring (bicyclic) bond motifs is 1. The van der Waals surface area contributed by atoms with Crippen LogP contribution in [-0.4, -0.2) is 26.3 Å². The van der Waals surface area contributed by atoms with Crippen molar-refractivity contribution in [3.05, 3.63) is 54.2 Å². The van der Waals surface area contributed by atoms with Gasteiger partial charge in [0.2, 0.25) is 5.91 Å². The van der Waals surface area contributed by atoms with Crippen molar-refractivity contribution in [2.75, 3.05) is 5.32 Å². The van der Waals surface area contributed by atoms with Gasteiger partial charge in [0, 0.05) is 47.7 Å². The first-order chi connectivity index (χ1) is 17.2. The summed E-state index contributed by atoms with van der Waals surface area (Å²) in [5.41, 5.74) is 6.54. The molecule has 1 aromatic carbocycles. The highest BCUT2D eigenvalue weighted by Gasteiger charge is 2.31. The number of anilines is 1. The van der Waals surface area contributed by atoms with Crippen molar-refractivity contribution < 1.29 is 13.7 Å². The average Bonchev–Trinajstić information content (AvgIpc) is 3.39. The molecule has 6 nitrogen and oxygen atoms in total. The lowest BCUT2D eigenvalue weighted by molar-refractivity contribution is -0.115. The second-order valence-electron chi connectivity index (χ2n) is 10.3. The number of pyridine rings is 1. The molecule has 0 saturated heterocycles. The first-order valence-corrected chi connectivity index (χ1v) is 12.8. The predicted molar refractivity (Wildman–Crippen MR) is 141 cm³/mol. The number of rotatable bonds is 6. The molecule has 188 valence electrons. The molecule has 36 heavy (non-hydrogen) atoms. The summed E-state index contributed by atoms with van der Waals surface area (Å²) in [4.78, 5) is 16.7. The molecule has 0 unspecified atom stereocenters. The minimum absolute atomic E-state index is 0.00951. The van der Waals surface area contributed by atoms with Crippen LogP contribution < -0.4 is 5.32 Å². The first-order valence-electron chi connectivity index (χ1n) is 12.8. The molecular formula is C29H33FN4O2. The Bertz CT molecular complexity index is 1370. The fourth-order valence-corrected chi connectivity index (χ4v) is 5.28. The maximum atomic E-state index is 14.4. The standard InChI is InChI=1S/C29H33FN4O2/c1-5-26(35)32-23-8-6-21(7-9-23)24-17-34(16-20-10-12-29(4,30)13-11-20)25-14-22(15-31-28(24)25)27-18(2)33-36-19(27)3/h6-9,14-15,17,20H,5,10-13,16H2,1-4H3,(H,32,35). The molecule has 0 radical (unpaired) electrons. The summed E-state index contributed by atoms with van der Waals surface area (Å²) in [6.45, 7) is 8.23. The van der Waals surface area contributed by atoms with Gasteiger partial charge in [-0.05, 0) is 76.1 Å². The normalized spacial score (nSPS) is 20.1. The van der Waals surface area contributed by atoms with Crippen LogP contribution in [0.1, 0.15) is 57.4 Å². The summed E-state index contributed by atoms with van der Waals surface area (Å²) < 4.78 is 22.1. The number of alkyl halides is 1. The van der Waals surface area contributed by atoms with Crippen LogP contribution in [0.4, 0.5) is 10.1 Å². The summed E-state index contributed by atoms with van der Waals surface area (Å²) in [6, 6.07) is 10.0. The Morgan fingerprint density at radius 3 is 2.56 bits per heavy atom. The molecule has 0 spiro atoms. The van der Waals surface area contributed by atoms with Crippen LogP contribution in [-0.2, 0) is 11.3 Å². The van der Waals surface area contributed by atoms with Crippen LogP contribution in [0.25, 0.3) is 33.3 Å². The highest BCUT2D eigenvalue weighted by molar-refractivity contribution is 5.96. The molecule has 0 bridgehead atoms. The van der Waals surface area contributed by atoms with Crippen molar-refractivity contribution in [3.8, 4) is 22.3 Å². The van der Waals surface area contributed by atoms with Gasteiger partial charge >= 0.3 is 0 Å². The Hall–Kier alpha value is -3.48. The molecule has 1 N–H and O–H groups in total. The van der Waals surface area contributed by atoms with Crippen LogP contribution in [0.2, 0.25) is 0 Å². The molecule has 1 amide bonds. The van der Waals surface area contributed by atoms with Crippen molar-refractivity contribution in [2.24, 2.45) is 5.92 Å². The van der Waals surface area contributed by atoms with Gasteiger partial charge in [-0.15, -0.1) is 0 Å². The van der Waals surface area contributed by atoms with E-state index in [0.717, 1.165) is 69.8 Å². The molecular weight excluding hydrogens is 455 g/mol. The predicted octanol–water partition coefficient (Wildman–Crippen LogP) is 7.24. The highest BCUT2D eigenvalue weighted by atomic mass is 19.1. The molecule has 1 aliphatic carbocycles. The summed E-state index contributed by atoms with van der Waals surface area (Å²) in [6.07, 6.45) is 7.46. The van der Waals surface area contributed by atoms with E-state index in [2.05, 4.69) is 27.3 Å². The number of carbonyl (C=O) groups is 1. The molecule has 1 fully saturated rings. The largest absolute Gasteiger partial charge is 0.361 e. The fraction of sp³-hybridized carbons (Fsp3) is 0.414. The van der Waals surface area contributed by atoms with Gasteiger partial charge in [-0.25, -0.2) is 4.39 Å². The minimum atomic E-state index is -1.05. The van der Waals surface area contributed by atoms with E-state index in [-0.39, 0.29) is 5.91 Å². The van der Waals surface area contributed by atoms with Gasteiger partial charge < -0.3 is 14.4 Å². The van der Waals surface area contributed by atoms with E-state index in [1.165, 1.54) is 0 Å². The van der Waals surface area contributed by atoms with Crippen molar-refractivity contribution >= 4 is 22.6 Å². The van der Waals surface area contributed by atoms with Gasteiger partial charge in [0.15, 0.2) is 0 Å². The maximum Gasteiger partial charge on any atom is 0.224 e. The number of aryl methyl sites for hydroxylation is 2. The first kappa shape index (κ1) is 24.2. The van der Waals surface area contributed by atoms with Gasteiger partial charge in [-0.2, -0.15) is 0 Å². The second-order valence-corrected chi connectivity index (χ2v) is 10.3. The van der Waals surface area contributed by atoms with Crippen molar-refractivity contribution in [1.29, 1.82) is 0 Å². The maximum absolute atomic E-state index is 14.4. The summed E-state index contributed by atoms with van der Waals surface area (Å²) in [5.74, 6) is 1.18. The number of nitrogens with zero attached hydrogens (tertiary/aromatic N) is 3. The lowest BCUT2D eigenvalue weighted by atomic mass is 9.81. The SMILES string of the molecule is CCC(=O)Nc1ccc(-c2cn(CC3CCC(C)(F)CC3)c3cc(-c4c(C)noc4C)cnc23)cc1. The molecule has 7 heteroatoms. The van der Waals surface area contributed by atoms with Crippen LogP contribution in [0, 0.1) is 19.8 Å². The fourth-order valence-electron chi connectivity index (χ4n) is 5.28. The third-order valence-corrected chi connectivity index (χ3v) is 7.44. The Morgan fingerprint density at radius 1 is 1.19 bits per heavy atom. The zero-order valence-electron chi connectivity index (χ0n) is 21.4. The number of halogens is 1. The number of carbonyl (C=O) groups excluding carboxylic acids is 1. The van der Waals surface area contributed by atoms with Gasteiger partial charge in [-0.3, -0.25) is 9.78 Å². The Morgan fingerprint density at radius 2 is 1.92 bits per heavy atom. The molecule has 0 atom stereocenters. The summed E-state index contributed by atoms with van der Waals surface area (Å²) >= 11 is 0. The quantitative estimate of drug-likeness (QED) is 0.310. The van der Waals surface area contributed by atoms with E-state index < -0.39 is 5.67 Å². The molecule has 1 aliphatic rings. The van der Waals surface area contributed by atoms with Gasteiger partial charge in [-0.1, -0.05) is 24.2 Å². The monoisotopic (exact) mass is 488 g/mol. The van der Waals surface area contributed by atoms with E-state index in [0.29, 0.717) is 25.2 Å². The molecule has 5 rings (SSSR count). The lowest BCUT2D eigenvalue weighted by Gasteiger charge is -2.31. The van der Waals surface area contributed by atoms with Crippen LogP contribution in [0.15, 0.2) is 47.2 Å². The summed E-state index contributed by atoms with van der Waals surface area (Å²) in [7, 11) is 0. The third-order valence-electron chi connectivity index (χ3n) is 7.44.